The quantitative estimate of drug-likeness (QED) is 0.486. The molecule has 0 saturated carbocycles. The summed E-state index contributed by atoms with van der Waals surface area (Å²) in [6, 6.07) is 14.4. The summed E-state index contributed by atoms with van der Waals surface area (Å²) in [5.74, 6) is -2.03. The number of para-hydroxylation sites is 1. The first kappa shape index (κ1) is 22.5. The summed E-state index contributed by atoms with van der Waals surface area (Å²) in [6.07, 6.45) is 0. The van der Waals surface area contributed by atoms with Crippen LogP contribution in [0.5, 0.6) is 11.5 Å². The standard InChI is InChI=1S/C12H10O2.2C4H6O2/c13-11-8-4-7-10(12(11)14)9-5-2-1-3-6-9;2*1-3(2)4(5)6/h1-8,13-14H;2*1H2,2H3,(H,5,6). The lowest BCUT2D eigenvalue weighted by molar-refractivity contribution is -0.133. The van der Waals surface area contributed by atoms with Crippen molar-refractivity contribution in [1.82, 2.24) is 0 Å². The number of phenolic OH excluding ortho intramolecular Hbond substituents is 2. The maximum atomic E-state index is 9.60. The lowest BCUT2D eigenvalue weighted by Gasteiger charge is -2.05. The fourth-order valence-corrected chi connectivity index (χ4v) is 1.38. The van der Waals surface area contributed by atoms with Crippen molar-refractivity contribution >= 4 is 11.9 Å². The maximum Gasteiger partial charge on any atom is 0.330 e. The van der Waals surface area contributed by atoms with Gasteiger partial charge in [-0.3, -0.25) is 0 Å². The molecule has 0 fully saturated rings. The van der Waals surface area contributed by atoms with Gasteiger partial charge in [0.05, 0.1) is 0 Å². The molecule has 138 valence electrons. The lowest BCUT2D eigenvalue weighted by atomic mass is 10.0. The SMILES string of the molecule is C=C(C)C(=O)O.C=C(C)C(=O)O.Oc1cccc(-c2ccccc2)c1O. The zero-order chi connectivity index (χ0) is 20.3. The normalized spacial score (nSPS) is 8.85. The molecule has 0 aliphatic heterocycles. The van der Waals surface area contributed by atoms with E-state index >= 15 is 0 Å². The van der Waals surface area contributed by atoms with E-state index in [2.05, 4.69) is 13.2 Å². The van der Waals surface area contributed by atoms with E-state index in [1.807, 2.05) is 30.3 Å². The topological polar surface area (TPSA) is 115 Å². The summed E-state index contributed by atoms with van der Waals surface area (Å²) in [6.45, 7) is 9.20. The Hall–Kier alpha value is -3.54. The highest BCUT2D eigenvalue weighted by Crippen LogP contribution is 2.35. The number of carboxylic acid groups (broad SMARTS) is 2. The molecular formula is C20H22O6. The van der Waals surface area contributed by atoms with Crippen LogP contribution in [0.2, 0.25) is 0 Å². The van der Waals surface area contributed by atoms with E-state index in [1.54, 1.807) is 12.1 Å². The lowest BCUT2D eigenvalue weighted by Crippen LogP contribution is -1.92. The highest BCUT2D eigenvalue weighted by Gasteiger charge is 2.06. The summed E-state index contributed by atoms with van der Waals surface area (Å²) in [7, 11) is 0. The van der Waals surface area contributed by atoms with Gasteiger partial charge in [0.2, 0.25) is 0 Å². The fraction of sp³-hybridized carbons (Fsp3) is 0.100. The van der Waals surface area contributed by atoms with E-state index in [4.69, 9.17) is 10.2 Å². The average Bonchev–Trinajstić information content (AvgIpc) is 2.59. The first-order chi connectivity index (χ1) is 12.1. The van der Waals surface area contributed by atoms with Gasteiger partial charge in [0.15, 0.2) is 11.5 Å². The largest absolute Gasteiger partial charge is 0.504 e. The molecule has 4 N–H and O–H groups in total. The first-order valence-electron chi connectivity index (χ1n) is 7.41. The van der Waals surface area contributed by atoms with Crippen LogP contribution in [0.4, 0.5) is 0 Å². The number of aliphatic carboxylic acids is 2. The monoisotopic (exact) mass is 358 g/mol. The Morgan fingerprint density at radius 1 is 0.769 bits per heavy atom. The zero-order valence-electron chi connectivity index (χ0n) is 14.6. The number of phenols is 2. The molecule has 0 atom stereocenters. The molecule has 0 radical (unpaired) electrons. The van der Waals surface area contributed by atoms with Gasteiger partial charge in [-0.05, 0) is 25.5 Å². The predicted molar refractivity (Wildman–Crippen MR) is 100 cm³/mol. The van der Waals surface area contributed by atoms with Crippen molar-refractivity contribution in [2.24, 2.45) is 0 Å². The number of benzene rings is 2. The number of hydrogen-bond acceptors (Lipinski definition) is 4. The van der Waals surface area contributed by atoms with E-state index in [0.717, 1.165) is 5.56 Å². The molecule has 0 saturated heterocycles. The molecule has 0 aliphatic carbocycles. The molecule has 0 heterocycles. The minimum Gasteiger partial charge on any atom is -0.504 e. The van der Waals surface area contributed by atoms with Crippen molar-refractivity contribution in [1.29, 1.82) is 0 Å². The molecule has 0 spiro atoms. The van der Waals surface area contributed by atoms with Gasteiger partial charge in [-0.1, -0.05) is 55.6 Å². The average molecular weight is 358 g/mol. The number of carboxylic acids is 2. The molecule has 6 nitrogen and oxygen atoms in total. The third kappa shape index (κ3) is 8.35. The Morgan fingerprint density at radius 3 is 1.58 bits per heavy atom. The molecule has 0 unspecified atom stereocenters. The van der Waals surface area contributed by atoms with Crippen LogP contribution in [0, 0.1) is 0 Å². The highest BCUT2D eigenvalue weighted by atomic mass is 16.4. The highest BCUT2D eigenvalue weighted by molar-refractivity contribution is 5.85. The molecule has 0 aromatic heterocycles. The Bertz CT molecular complexity index is 730. The molecule has 6 heteroatoms. The minimum absolute atomic E-state index is 0.0706. The van der Waals surface area contributed by atoms with Crippen molar-refractivity contribution in [3.8, 4) is 22.6 Å². The third-order valence-corrected chi connectivity index (χ3v) is 2.83. The van der Waals surface area contributed by atoms with Crippen LogP contribution in [-0.2, 0) is 9.59 Å². The molecule has 0 bridgehead atoms. The Morgan fingerprint density at radius 2 is 1.19 bits per heavy atom. The Kier molecular flexibility index (Phi) is 9.58. The van der Waals surface area contributed by atoms with Crippen molar-refractivity contribution in [2.45, 2.75) is 13.8 Å². The molecule has 2 aromatic rings. The van der Waals surface area contributed by atoms with Gasteiger partial charge in [0.25, 0.3) is 0 Å². The van der Waals surface area contributed by atoms with Crippen LogP contribution in [0.3, 0.4) is 0 Å². The summed E-state index contributed by atoms with van der Waals surface area (Å²) in [5.41, 5.74) is 1.89. The third-order valence-electron chi connectivity index (χ3n) is 2.83. The second-order valence-electron chi connectivity index (χ2n) is 5.21. The van der Waals surface area contributed by atoms with Crippen LogP contribution in [0.25, 0.3) is 11.1 Å². The van der Waals surface area contributed by atoms with Gasteiger partial charge in [-0.2, -0.15) is 0 Å². The molecular weight excluding hydrogens is 336 g/mol. The van der Waals surface area contributed by atoms with Gasteiger partial charge in [0, 0.05) is 16.7 Å². The number of hydrogen-bond donors (Lipinski definition) is 4. The smallest absolute Gasteiger partial charge is 0.330 e. The Labute approximate surface area is 152 Å². The van der Waals surface area contributed by atoms with E-state index in [9.17, 15) is 19.8 Å². The Balaban J connectivity index is 0.000000437. The second-order valence-corrected chi connectivity index (χ2v) is 5.21. The number of rotatable bonds is 3. The van der Waals surface area contributed by atoms with Crippen LogP contribution in [-0.4, -0.2) is 32.4 Å². The van der Waals surface area contributed by atoms with Crippen LogP contribution in [0.1, 0.15) is 13.8 Å². The molecule has 2 rings (SSSR count). The van der Waals surface area contributed by atoms with Crippen molar-refractivity contribution in [3.05, 3.63) is 72.8 Å². The van der Waals surface area contributed by atoms with Crippen LogP contribution >= 0.6 is 0 Å². The van der Waals surface area contributed by atoms with E-state index in [0.29, 0.717) is 5.56 Å². The summed E-state index contributed by atoms with van der Waals surface area (Å²) in [5, 5.41) is 34.7. The summed E-state index contributed by atoms with van der Waals surface area (Å²) in [4.78, 5) is 19.2. The van der Waals surface area contributed by atoms with Crippen LogP contribution < -0.4 is 0 Å². The fourth-order valence-electron chi connectivity index (χ4n) is 1.38. The van der Waals surface area contributed by atoms with Crippen molar-refractivity contribution < 1.29 is 30.0 Å². The molecule has 0 amide bonds. The predicted octanol–water partition coefficient (Wildman–Crippen LogP) is 4.06. The van der Waals surface area contributed by atoms with Gasteiger partial charge < -0.3 is 20.4 Å². The van der Waals surface area contributed by atoms with Crippen molar-refractivity contribution in [2.75, 3.05) is 0 Å². The molecule has 0 aliphatic rings. The first-order valence-corrected chi connectivity index (χ1v) is 7.41. The maximum absolute atomic E-state index is 9.60. The van der Waals surface area contributed by atoms with Gasteiger partial charge in [0.1, 0.15) is 0 Å². The van der Waals surface area contributed by atoms with Crippen molar-refractivity contribution in [3.63, 3.8) is 0 Å². The minimum atomic E-state index is -0.935. The van der Waals surface area contributed by atoms with E-state index in [-0.39, 0.29) is 22.6 Å². The number of carbonyl (C=O) groups is 2. The second kappa shape index (κ2) is 11.1. The molecule has 2 aromatic carbocycles. The van der Waals surface area contributed by atoms with Gasteiger partial charge in [-0.15, -0.1) is 0 Å². The van der Waals surface area contributed by atoms with Crippen LogP contribution in [0.15, 0.2) is 72.8 Å². The summed E-state index contributed by atoms with van der Waals surface area (Å²) >= 11 is 0. The van der Waals surface area contributed by atoms with E-state index < -0.39 is 11.9 Å². The van der Waals surface area contributed by atoms with Gasteiger partial charge >= 0.3 is 11.9 Å². The van der Waals surface area contributed by atoms with E-state index in [1.165, 1.54) is 19.9 Å². The summed E-state index contributed by atoms with van der Waals surface area (Å²) < 4.78 is 0. The number of aromatic hydroxyl groups is 2. The van der Waals surface area contributed by atoms with Gasteiger partial charge in [-0.25, -0.2) is 9.59 Å². The zero-order valence-corrected chi connectivity index (χ0v) is 14.6. The molecule has 26 heavy (non-hydrogen) atoms.